The number of aliphatic hydroxyl groups is 1. The van der Waals surface area contributed by atoms with Gasteiger partial charge in [0.15, 0.2) is 0 Å². The van der Waals surface area contributed by atoms with Crippen molar-refractivity contribution in [3.63, 3.8) is 0 Å². The summed E-state index contributed by atoms with van der Waals surface area (Å²) < 4.78 is 0. The molecule has 19 heavy (non-hydrogen) atoms. The average molecular weight is 263 g/mol. The minimum atomic E-state index is 0.00119. The highest BCUT2D eigenvalue weighted by Crippen LogP contribution is 2.27. The molecule has 0 radical (unpaired) electrons. The van der Waals surface area contributed by atoms with E-state index in [1.807, 2.05) is 25.1 Å². The van der Waals surface area contributed by atoms with Crippen molar-refractivity contribution in [3.8, 4) is 0 Å². The molecular formula is C16H25NO2. The summed E-state index contributed by atoms with van der Waals surface area (Å²) >= 11 is 0. The molecule has 0 fully saturated rings. The normalized spacial score (nSPS) is 13.1. The van der Waals surface area contributed by atoms with Crippen LogP contribution in [-0.4, -0.2) is 24.2 Å². The molecular weight excluding hydrogens is 238 g/mol. The molecule has 3 heteroatoms. The average Bonchev–Trinajstić information content (AvgIpc) is 2.43. The second-order valence-electron chi connectivity index (χ2n) is 5.84. The molecule has 0 saturated carbocycles. The molecule has 0 spiro atoms. The van der Waals surface area contributed by atoms with Crippen molar-refractivity contribution >= 4 is 5.91 Å². The predicted octanol–water partition coefficient (Wildman–Crippen LogP) is 2.49. The maximum absolute atomic E-state index is 11.7. The Labute approximate surface area is 116 Å². The van der Waals surface area contributed by atoms with Crippen LogP contribution < -0.4 is 5.32 Å². The molecule has 1 rings (SSSR count). The zero-order valence-electron chi connectivity index (χ0n) is 12.1. The molecule has 0 saturated heterocycles. The van der Waals surface area contributed by atoms with Crippen LogP contribution in [0.1, 0.15) is 39.2 Å². The van der Waals surface area contributed by atoms with Crippen molar-refractivity contribution in [2.75, 3.05) is 13.2 Å². The highest BCUT2D eigenvalue weighted by atomic mass is 16.3. The molecule has 1 aromatic rings. The van der Waals surface area contributed by atoms with E-state index >= 15 is 0 Å². The van der Waals surface area contributed by atoms with E-state index < -0.39 is 0 Å². The minimum Gasteiger partial charge on any atom is -0.396 e. The van der Waals surface area contributed by atoms with Gasteiger partial charge in [0.1, 0.15) is 0 Å². The predicted molar refractivity (Wildman–Crippen MR) is 78.0 cm³/mol. The number of carbonyl (C=O) groups is 1. The van der Waals surface area contributed by atoms with Crippen LogP contribution in [0.5, 0.6) is 0 Å². The van der Waals surface area contributed by atoms with Gasteiger partial charge >= 0.3 is 0 Å². The topological polar surface area (TPSA) is 49.3 Å². The Morgan fingerprint density at radius 2 is 1.95 bits per heavy atom. The fourth-order valence-corrected chi connectivity index (χ4v) is 1.90. The highest BCUT2D eigenvalue weighted by Gasteiger charge is 2.21. The van der Waals surface area contributed by atoms with Crippen molar-refractivity contribution in [1.82, 2.24) is 5.32 Å². The molecule has 0 heterocycles. The van der Waals surface area contributed by atoms with Crippen molar-refractivity contribution in [3.05, 3.63) is 35.9 Å². The Balaban J connectivity index is 2.41. The molecule has 1 unspecified atom stereocenters. The fraction of sp³-hybridized carbons (Fsp3) is 0.562. The van der Waals surface area contributed by atoms with Gasteiger partial charge in [-0.15, -0.1) is 0 Å². The van der Waals surface area contributed by atoms with Crippen LogP contribution in [-0.2, 0) is 10.2 Å². The van der Waals surface area contributed by atoms with Gasteiger partial charge in [0.05, 0.1) is 0 Å². The summed E-state index contributed by atoms with van der Waals surface area (Å²) in [5, 5.41) is 11.8. The second-order valence-corrected chi connectivity index (χ2v) is 5.84. The lowest BCUT2D eigenvalue weighted by molar-refractivity contribution is -0.121. The maximum atomic E-state index is 11.7. The summed E-state index contributed by atoms with van der Waals surface area (Å²) in [5.41, 5.74) is 1.26. The van der Waals surface area contributed by atoms with E-state index in [1.54, 1.807) is 0 Å². The van der Waals surface area contributed by atoms with Gasteiger partial charge in [-0.2, -0.15) is 0 Å². The quantitative estimate of drug-likeness (QED) is 0.794. The Hall–Kier alpha value is -1.35. The largest absolute Gasteiger partial charge is 0.396 e. The van der Waals surface area contributed by atoms with Crippen LogP contribution >= 0.6 is 0 Å². The number of hydrogen-bond acceptors (Lipinski definition) is 2. The van der Waals surface area contributed by atoms with E-state index in [-0.39, 0.29) is 23.8 Å². The van der Waals surface area contributed by atoms with Gasteiger partial charge in [0.2, 0.25) is 5.91 Å². The van der Waals surface area contributed by atoms with E-state index in [9.17, 15) is 4.79 Å². The lowest BCUT2D eigenvalue weighted by Crippen LogP contribution is -2.31. The lowest BCUT2D eigenvalue weighted by Gasteiger charge is -2.25. The molecule has 1 amide bonds. The Bertz CT molecular complexity index is 387. The number of carbonyl (C=O) groups excluding carboxylic acids is 1. The van der Waals surface area contributed by atoms with E-state index in [1.165, 1.54) is 5.56 Å². The maximum Gasteiger partial charge on any atom is 0.220 e. The molecule has 0 aliphatic rings. The first-order valence-corrected chi connectivity index (χ1v) is 6.89. The number of nitrogens with one attached hydrogen (secondary N) is 1. The Morgan fingerprint density at radius 3 is 2.53 bits per heavy atom. The van der Waals surface area contributed by atoms with Crippen molar-refractivity contribution < 1.29 is 9.90 Å². The summed E-state index contributed by atoms with van der Waals surface area (Å²) in [5.74, 6) is 0.176. The Kier molecular flexibility index (Phi) is 6.03. The summed E-state index contributed by atoms with van der Waals surface area (Å²) in [6.45, 7) is 6.88. The van der Waals surface area contributed by atoms with Crippen LogP contribution in [0.4, 0.5) is 0 Å². The van der Waals surface area contributed by atoms with Gasteiger partial charge in [-0.05, 0) is 23.3 Å². The van der Waals surface area contributed by atoms with Crippen molar-refractivity contribution in [2.24, 2.45) is 5.92 Å². The van der Waals surface area contributed by atoms with Crippen LogP contribution in [0, 0.1) is 5.92 Å². The summed E-state index contributed by atoms with van der Waals surface area (Å²) in [4.78, 5) is 11.7. The molecule has 1 atom stereocenters. The molecule has 0 aromatic heterocycles. The third-order valence-corrected chi connectivity index (χ3v) is 3.49. The molecule has 0 aliphatic carbocycles. The minimum absolute atomic E-state index is 0.00119. The molecule has 0 aliphatic heterocycles. The van der Waals surface area contributed by atoms with E-state index in [0.29, 0.717) is 13.0 Å². The van der Waals surface area contributed by atoms with Crippen molar-refractivity contribution in [1.29, 1.82) is 0 Å². The standard InChI is InChI=1S/C16H25NO2/c1-13(12-18)11-17-15(19)9-10-16(2,3)14-7-5-4-6-8-14/h4-8,13,18H,9-12H2,1-3H3,(H,17,19). The number of rotatable bonds is 7. The molecule has 1 aromatic carbocycles. The number of aliphatic hydroxyl groups excluding tert-OH is 1. The van der Waals surface area contributed by atoms with E-state index in [4.69, 9.17) is 5.11 Å². The zero-order valence-corrected chi connectivity index (χ0v) is 12.1. The molecule has 3 nitrogen and oxygen atoms in total. The third kappa shape index (κ3) is 5.43. The first kappa shape index (κ1) is 15.7. The van der Waals surface area contributed by atoms with Crippen LogP contribution in [0.3, 0.4) is 0 Å². The zero-order chi connectivity index (χ0) is 14.3. The highest BCUT2D eigenvalue weighted by molar-refractivity contribution is 5.76. The Morgan fingerprint density at radius 1 is 1.32 bits per heavy atom. The molecule has 0 bridgehead atoms. The van der Waals surface area contributed by atoms with Gasteiger partial charge < -0.3 is 10.4 Å². The summed E-state index contributed by atoms with van der Waals surface area (Å²) in [6, 6.07) is 10.3. The van der Waals surface area contributed by atoms with Gasteiger partial charge in [0.25, 0.3) is 0 Å². The number of benzene rings is 1. The lowest BCUT2D eigenvalue weighted by atomic mass is 9.80. The third-order valence-electron chi connectivity index (χ3n) is 3.49. The monoisotopic (exact) mass is 263 g/mol. The van der Waals surface area contributed by atoms with Crippen LogP contribution in [0.2, 0.25) is 0 Å². The van der Waals surface area contributed by atoms with Gasteiger partial charge in [0, 0.05) is 19.6 Å². The van der Waals surface area contributed by atoms with Crippen LogP contribution in [0.25, 0.3) is 0 Å². The van der Waals surface area contributed by atoms with Crippen molar-refractivity contribution in [2.45, 2.75) is 39.0 Å². The second kappa shape index (κ2) is 7.29. The summed E-state index contributed by atoms with van der Waals surface area (Å²) in [7, 11) is 0. The first-order chi connectivity index (χ1) is 8.95. The SMILES string of the molecule is CC(CO)CNC(=O)CCC(C)(C)c1ccccc1. The van der Waals surface area contributed by atoms with E-state index in [2.05, 4.69) is 31.3 Å². The summed E-state index contributed by atoms with van der Waals surface area (Å²) in [6.07, 6.45) is 1.33. The smallest absolute Gasteiger partial charge is 0.220 e. The van der Waals surface area contributed by atoms with E-state index in [0.717, 1.165) is 6.42 Å². The fourth-order valence-electron chi connectivity index (χ4n) is 1.90. The molecule has 2 N–H and O–H groups in total. The van der Waals surface area contributed by atoms with Gasteiger partial charge in [-0.25, -0.2) is 0 Å². The van der Waals surface area contributed by atoms with Crippen LogP contribution in [0.15, 0.2) is 30.3 Å². The number of amides is 1. The number of hydrogen-bond donors (Lipinski definition) is 2. The first-order valence-electron chi connectivity index (χ1n) is 6.89. The molecule has 106 valence electrons. The van der Waals surface area contributed by atoms with Gasteiger partial charge in [-0.3, -0.25) is 4.79 Å². The van der Waals surface area contributed by atoms with Gasteiger partial charge in [-0.1, -0.05) is 51.1 Å².